The van der Waals surface area contributed by atoms with E-state index in [0.717, 1.165) is 43.4 Å². The van der Waals surface area contributed by atoms with Crippen LogP contribution in [-0.4, -0.2) is 18.4 Å². The van der Waals surface area contributed by atoms with E-state index in [-0.39, 0.29) is 11.4 Å². The molecule has 0 aromatic heterocycles. The quantitative estimate of drug-likeness (QED) is 0.660. The monoisotopic (exact) mass is 358 g/mol. The summed E-state index contributed by atoms with van der Waals surface area (Å²) in [6, 6.07) is 0. The van der Waals surface area contributed by atoms with E-state index in [1.165, 1.54) is 44.6 Å². The molecule has 0 amide bonds. The van der Waals surface area contributed by atoms with E-state index >= 15 is 0 Å². The topological polar surface area (TPSA) is 43.4 Å². The van der Waals surface area contributed by atoms with Gasteiger partial charge in [-0.2, -0.15) is 0 Å². The molecule has 0 aromatic carbocycles. The molecule has 6 atom stereocenters. The van der Waals surface area contributed by atoms with Crippen molar-refractivity contribution < 1.29 is 14.3 Å². The maximum Gasteiger partial charge on any atom is 0.302 e. The van der Waals surface area contributed by atoms with Crippen LogP contribution in [-0.2, 0) is 14.3 Å². The van der Waals surface area contributed by atoms with Gasteiger partial charge in [0, 0.05) is 13.3 Å². The lowest BCUT2D eigenvalue weighted by Crippen LogP contribution is -2.50. The average Bonchev–Trinajstić information content (AvgIpc) is 2.92. The minimum absolute atomic E-state index is 0.153. The molecule has 3 nitrogen and oxygen atoms in total. The molecule has 0 heterocycles. The fraction of sp³-hybridized carbons (Fsp3) is 0.826. The van der Waals surface area contributed by atoms with E-state index in [9.17, 15) is 9.59 Å². The van der Waals surface area contributed by atoms with Crippen molar-refractivity contribution in [2.24, 2.45) is 34.5 Å². The molecular weight excluding hydrogens is 324 g/mol. The van der Waals surface area contributed by atoms with E-state index in [2.05, 4.69) is 13.8 Å². The van der Waals surface area contributed by atoms with Crippen molar-refractivity contribution in [1.29, 1.82) is 0 Å². The zero-order chi connectivity index (χ0) is 18.5. The predicted octanol–water partition coefficient (Wildman–Crippen LogP) is 5.09. The third kappa shape index (κ3) is 2.77. The molecule has 0 aromatic rings. The Labute approximate surface area is 157 Å². The van der Waals surface area contributed by atoms with Gasteiger partial charge in [-0.15, -0.1) is 0 Å². The van der Waals surface area contributed by atoms with Crippen LogP contribution in [0.4, 0.5) is 0 Å². The van der Waals surface area contributed by atoms with Gasteiger partial charge in [-0.25, -0.2) is 0 Å². The van der Waals surface area contributed by atoms with Crippen molar-refractivity contribution in [2.75, 3.05) is 6.61 Å². The van der Waals surface area contributed by atoms with Crippen LogP contribution < -0.4 is 0 Å². The second-order valence-corrected chi connectivity index (χ2v) is 9.92. The second kappa shape index (κ2) is 6.49. The molecule has 0 spiro atoms. The summed E-state index contributed by atoms with van der Waals surface area (Å²) in [6.07, 6.45) is 12.5. The van der Waals surface area contributed by atoms with Crippen LogP contribution in [0.3, 0.4) is 0 Å². The number of ether oxygens (including phenoxy) is 1. The van der Waals surface area contributed by atoms with Crippen molar-refractivity contribution in [3.63, 3.8) is 0 Å². The summed E-state index contributed by atoms with van der Waals surface area (Å²) >= 11 is 0. The van der Waals surface area contributed by atoms with E-state index in [0.29, 0.717) is 23.7 Å². The van der Waals surface area contributed by atoms with Crippen LogP contribution in [0.5, 0.6) is 0 Å². The third-order valence-corrected chi connectivity index (χ3v) is 8.93. The maximum atomic E-state index is 11.9. The van der Waals surface area contributed by atoms with Crippen LogP contribution in [0, 0.1) is 34.5 Å². The first kappa shape index (κ1) is 18.3. The molecule has 4 aliphatic rings. The van der Waals surface area contributed by atoms with E-state index in [1.807, 2.05) is 6.08 Å². The molecule has 26 heavy (non-hydrogen) atoms. The lowest BCUT2D eigenvalue weighted by atomic mass is 9.47. The molecule has 4 aliphatic carbocycles. The van der Waals surface area contributed by atoms with Gasteiger partial charge in [0.15, 0.2) is 5.78 Å². The van der Waals surface area contributed by atoms with Crippen molar-refractivity contribution in [2.45, 2.75) is 78.6 Å². The first-order valence-corrected chi connectivity index (χ1v) is 10.7. The smallest absolute Gasteiger partial charge is 0.302 e. The van der Waals surface area contributed by atoms with Crippen molar-refractivity contribution in [3.05, 3.63) is 11.6 Å². The molecule has 0 N–H and O–H groups in total. The third-order valence-electron chi connectivity index (χ3n) is 8.93. The number of ketones is 1. The lowest BCUT2D eigenvalue weighted by Gasteiger charge is -2.58. The SMILES string of the molecule is CC(=O)OCC[C@H]1CCC2C3CCC4=CC(=O)CCC4(C)C3CCC21C. The number of hydrogen-bond acceptors (Lipinski definition) is 3. The summed E-state index contributed by atoms with van der Waals surface area (Å²) < 4.78 is 5.25. The number of rotatable bonds is 3. The van der Waals surface area contributed by atoms with Gasteiger partial charge in [0.25, 0.3) is 0 Å². The number of hydrogen-bond donors (Lipinski definition) is 0. The molecule has 0 aliphatic heterocycles. The Balaban J connectivity index is 1.52. The summed E-state index contributed by atoms with van der Waals surface area (Å²) in [6.45, 7) is 7.07. The predicted molar refractivity (Wildman–Crippen MR) is 101 cm³/mol. The Bertz CT molecular complexity index is 635. The highest BCUT2D eigenvalue weighted by Crippen LogP contribution is 2.66. The van der Waals surface area contributed by atoms with E-state index < -0.39 is 0 Å². The minimum atomic E-state index is -0.153. The Morgan fingerprint density at radius 3 is 2.69 bits per heavy atom. The molecule has 3 fully saturated rings. The Morgan fingerprint density at radius 1 is 1.12 bits per heavy atom. The van der Waals surface area contributed by atoms with Crippen molar-refractivity contribution in [3.8, 4) is 0 Å². The van der Waals surface area contributed by atoms with Gasteiger partial charge < -0.3 is 4.74 Å². The second-order valence-electron chi connectivity index (χ2n) is 9.92. The highest BCUT2D eigenvalue weighted by atomic mass is 16.5. The van der Waals surface area contributed by atoms with Crippen LogP contribution >= 0.6 is 0 Å². The number of esters is 1. The largest absolute Gasteiger partial charge is 0.466 e. The zero-order valence-electron chi connectivity index (χ0n) is 16.7. The summed E-state index contributed by atoms with van der Waals surface area (Å²) in [7, 11) is 0. The number of carbonyl (C=O) groups is 2. The van der Waals surface area contributed by atoms with Gasteiger partial charge in [0.2, 0.25) is 0 Å². The van der Waals surface area contributed by atoms with Crippen LogP contribution in [0.1, 0.15) is 78.6 Å². The minimum Gasteiger partial charge on any atom is -0.466 e. The summed E-state index contributed by atoms with van der Waals surface area (Å²) in [5.41, 5.74) is 2.15. The number of allylic oxidation sites excluding steroid dienone is 1. The average molecular weight is 359 g/mol. The Kier molecular flexibility index (Phi) is 4.56. The highest BCUT2D eigenvalue weighted by molar-refractivity contribution is 5.91. The summed E-state index contributed by atoms with van der Waals surface area (Å²) in [4.78, 5) is 23.0. The Morgan fingerprint density at radius 2 is 1.92 bits per heavy atom. The first-order valence-electron chi connectivity index (χ1n) is 10.7. The van der Waals surface area contributed by atoms with Gasteiger partial charge in [-0.05, 0) is 91.9 Å². The fourth-order valence-electron chi connectivity index (χ4n) is 7.49. The summed E-state index contributed by atoms with van der Waals surface area (Å²) in [5.74, 6) is 3.30. The van der Waals surface area contributed by atoms with Crippen LogP contribution in [0.2, 0.25) is 0 Å². The first-order chi connectivity index (χ1) is 12.3. The fourth-order valence-corrected chi connectivity index (χ4v) is 7.49. The molecule has 0 saturated heterocycles. The molecule has 144 valence electrons. The maximum absolute atomic E-state index is 11.9. The Hall–Kier alpha value is -1.12. The highest BCUT2D eigenvalue weighted by Gasteiger charge is 2.58. The molecular formula is C23H34O3. The number of carbonyl (C=O) groups excluding carboxylic acids is 2. The van der Waals surface area contributed by atoms with Gasteiger partial charge in [0.05, 0.1) is 6.61 Å². The van der Waals surface area contributed by atoms with E-state index in [4.69, 9.17) is 4.74 Å². The van der Waals surface area contributed by atoms with Crippen LogP contribution in [0.25, 0.3) is 0 Å². The molecule has 0 radical (unpaired) electrons. The van der Waals surface area contributed by atoms with Gasteiger partial charge in [0.1, 0.15) is 0 Å². The van der Waals surface area contributed by atoms with Gasteiger partial charge in [-0.1, -0.05) is 19.4 Å². The van der Waals surface area contributed by atoms with Crippen molar-refractivity contribution >= 4 is 11.8 Å². The van der Waals surface area contributed by atoms with Gasteiger partial charge >= 0.3 is 5.97 Å². The summed E-state index contributed by atoms with van der Waals surface area (Å²) in [5, 5.41) is 0. The van der Waals surface area contributed by atoms with Crippen molar-refractivity contribution in [1.82, 2.24) is 0 Å². The lowest BCUT2D eigenvalue weighted by molar-refractivity contribution is -0.141. The zero-order valence-corrected chi connectivity index (χ0v) is 16.7. The molecule has 4 rings (SSSR count). The molecule has 3 heteroatoms. The number of fused-ring (bicyclic) bond motifs is 5. The molecule has 3 saturated carbocycles. The molecule has 5 unspecified atom stereocenters. The molecule has 0 bridgehead atoms. The normalized spacial score (nSPS) is 44.6. The van der Waals surface area contributed by atoms with Gasteiger partial charge in [-0.3, -0.25) is 9.59 Å². The standard InChI is InChI=1S/C23H34O3/c1-15(24)26-13-10-16-5-7-20-19-6-4-17-14-18(25)8-11-23(17,3)21(19)9-12-22(16,20)2/h14,16,19-21H,4-13H2,1-3H3/t16-,19?,20?,21?,22?,23?/m1/s1. The van der Waals surface area contributed by atoms with E-state index in [1.54, 1.807) is 0 Å². The van der Waals surface area contributed by atoms with Crippen LogP contribution in [0.15, 0.2) is 11.6 Å².